The summed E-state index contributed by atoms with van der Waals surface area (Å²) in [6.45, 7) is 3.94. The van der Waals surface area contributed by atoms with Crippen molar-refractivity contribution in [3.8, 4) is 0 Å². The molecule has 0 unspecified atom stereocenters. The van der Waals surface area contributed by atoms with Crippen molar-refractivity contribution >= 4 is 0 Å². The average Bonchev–Trinajstić information content (AvgIpc) is 2.34. The Balaban J connectivity index is 1.89. The molecule has 90 valence electrons. The third-order valence-corrected chi connectivity index (χ3v) is 2.56. The minimum absolute atomic E-state index is 0.828. The van der Waals surface area contributed by atoms with Crippen molar-refractivity contribution in [2.75, 3.05) is 13.2 Å². The van der Waals surface area contributed by atoms with Crippen LogP contribution >= 0.6 is 0 Å². The molecule has 2 heteroatoms. The molecule has 16 heavy (non-hydrogen) atoms. The molecule has 0 aromatic heterocycles. The predicted octanol–water partition coefficient (Wildman–Crippen LogP) is 3.33. The smallest absolute Gasteiger partial charge is 0.0682 e. The lowest BCUT2D eigenvalue weighted by molar-refractivity contribution is 0.0393. The summed E-state index contributed by atoms with van der Waals surface area (Å²) in [5, 5.41) is 0. The van der Waals surface area contributed by atoms with Gasteiger partial charge in [-0.1, -0.05) is 56.5 Å². The Kier molecular flexibility index (Phi) is 7.74. The number of hydrogen-bond acceptors (Lipinski definition) is 2. The molecular weight excluding hydrogens is 198 g/mol. The summed E-state index contributed by atoms with van der Waals surface area (Å²) in [5.74, 6) is 0. The summed E-state index contributed by atoms with van der Waals surface area (Å²) in [7, 11) is 0. The first-order chi connectivity index (χ1) is 7.93. The molecule has 0 fully saturated rings. The normalized spacial score (nSPS) is 10.6. The highest BCUT2D eigenvalue weighted by Crippen LogP contribution is 1.99. The fraction of sp³-hybridized carbons (Fsp3) is 0.571. The van der Waals surface area contributed by atoms with Gasteiger partial charge in [-0.05, 0) is 18.4 Å². The Morgan fingerprint density at radius 3 is 2.62 bits per heavy atom. The van der Waals surface area contributed by atoms with Crippen LogP contribution < -0.4 is 5.48 Å². The first-order valence-electron chi connectivity index (χ1n) is 6.32. The van der Waals surface area contributed by atoms with Crippen molar-refractivity contribution < 1.29 is 4.84 Å². The quantitative estimate of drug-likeness (QED) is 0.510. The molecule has 2 nitrogen and oxygen atoms in total. The number of hydrogen-bond donors (Lipinski definition) is 1. The molecule has 0 atom stereocenters. The molecule has 0 saturated heterocycles. The second-order valence-corrected chi connectivity index (χ2v) is 4.04. The van der Waals surface area contributed by atoms with E-state index in [1.54, 1.807) is 0 Å². The molecule has 0 aliphatic carbocycles. The van der Waals surface area contributed by atoms with E-state index in [4.69, 9.17) is 4.84 Å². The number of hydroxylamine groups is 1. The van der Waals surface area contributed by atoms with Crippen molar-refractivity contribution in [2.24, 2.45) is 0 Å². The highest BCUT2D eigenvalue weighted by molar-refractivity contribution is 5.14. The van der Waals surface area contributed by atoms with Crippen LogP contribution in [0.15, 0.2) is 30.3 Å². The van der Waals surface area contributed by atoms with Crippen LogP contribution in [0.2, 0.25) is 0 Å². The first-order valence-corrected chi connectivity index (χ1v) is 6.32. The Morgan fingerprint density at radius 2 is 1.88 bits per heavy atom. The maximum atomic E-state index is 5.35. The summed E-state index contributed by atoms with van der Waals surface area (Å²) < 4.78 is 0. The van der Waals surface area contributed by atoms with E-state index >= 15 is 0 Å². The van der Waals surface area contributed by atoms with Crippen LogP contribution in [0.4, 0.5) is 0 Å². The molecule has 1 rings (SSSR count). The lowest BCUT2D eigenvalue weighted by atomic mass is 10.2. The van der Waals surface area contributed by atoms with Gasteiger partial charge in [-0.15, -0.1) is 0 Å². The zero-order valence-corrected chi connectivity index (χ0v) is 10.2. The molecular formula is C14H23NO. The molecule has 1 aromatic carbocycles. The summed E-state index contributed by atoms with van der Waals surface area (Å²) in [6.07, 6.45) is 6.05. The van der Waals surface area contributed by atoms with E-state index in [0.717, 1.165) is 26.0 Å². The second-order valence-electron chi connectivity index (χ2n) is 4.04. The van der Waals surface area contributed by atoms with Gasteiger partial charge in [-0.25, -0.2) is 5.48 Å². The lowest BCUT2D eigenvalue weighted by Crippen LogP contribution is -2.18. The Hall–Kier alpha value is -0.860. The fourth-order valence-electron chi connectivity index (χ4n) is 1.59. The van der Waals surface area contributed by atoms with Gasteiger partial charge in [0.1, 0.15) is 0 Å². The number of unbranched alkanes of at least 4 members (excludes halogenated alkanes) is 3. The average molecular weight is 221 g/mol. The van der Waals surface area contributed by atoms with Crippen molar-refractivity contribution in [3.05, 3.63) is 35.9 Å². The van der Waals surface area contributed by atoms with Gasteiger partial charge in [0.15, 0.2) is 0 Å². The number of nitrogens with one attached hydrogen (secondary N) is 1. The Bertz CT molecular complexity index is 248. The molecule has 0 radical (unpaired) electrons. The fourth-order valence-corrected chi connectivity index (χ4v) is 1.59. The number of benzene rings is 1. The van der Waals surface area contributed by atoms with E-state index < -0.39 is 0 Å². The van der Waals surface area contributed by atoms with E-state index in [1.165, 1.54) is 24.8 Å². The van der Waals surface area contributed by atoms with Crippen LogP contribution in [-0.2, 0) is 11.3 Å². The third kappa shape index (κ3) is 6.59. The standard InChI is InChI=1S/C14H23NO/c1-2-3-4-8-13-16-15-12-11-14-9-6-5-7-10-14/h5-7,9-10,15H,2-4,8,11-13H2,1H3. The first kappa shape index (κ1) is 13.2. The molecule has 0 spiro atoms. The van der Waals surface area contributed by atoms with Gasteiger partial charge in [0.05, 0.1) is 6.61 Å². The minimum Gasteiger partial charge on any atom is -0.302 e. The Labute approximate surface area is 99.0 Å². The molecule has 0 saturated carbocycles. The van der Waals surface area contributed by atoms with E-state index in [0.29, 0.717) is 0 Å². The van der Waals surface area contributed by atoms with Crippen LogP contribution in [0.5, 0.6) is 0 Å². The van der Waals surface area contributed by atoms with Gasteiger partial charge < -0.3 is 4.84 Å². The van der Waals surface area contributed by atoms with E-state index in [-0.39, 0.29) is 0 Å². The van der Waals surface area contributed by atoms with Crippen molar-refractivity contribution in [1.82, 2.24) is 5.48 Å². The van der Waals surface area contributed by atoms with Crippen LogP contribution in [0.25, 0.3) is 0 Å². The minimum atomic E-state index is 0.828. The topological polar surface area (TPSA) is 21.3 Å². The van der Waals surface area contributed by atoms with Crippen molar-refractivity contribution in [2.45, 2.75) is 39.0 Å². The van der Waals surface area contributed by atoms with Crippen molar-refractivity contribution in [3.63, 3.8) is 0 Å². The SMILES string of the molecule is CCCCCCONCCc1ccccc1. The molecule has 0 aliphatic rings. The summed E-state index contributed by atoms with van der Waals surface area (Å²) in [6, 6.07) is 10.5. The maximum Gasteiger partial charge on any atom is 0.0682 e. The Morgan fingerprint density at radius 1 is 1.06 bits per heavy atom. The van der Waals surface area contributed by atoms with Gasteiger partial charge in [-0.2, -0.15) is 0 Å². The molecule has 1 N–H and O–H groups in total. The maximum absolute atomic E-state index is 5.35. The van der Waals surface area contributed by atoms with Gasteiger partial charge in [0.25, 0.3) is 0 Å². The van der Waals surface area contributed by atoms with Gasteiger partial charge >= 0.3 is 0 Å². The largest absolute Gasteiger partial charge is 0.302 e. The molecule has 0 aliphatic heterocycles. The van der Waals surface area contributed by atoms with Crippen molar-refractivity contribution in [1.29, 1.82) is 0 Å². The molecule has 0 heterocycles. The molecule has 0 bridgehead atoms. The monoisotopic (exact) mass is 221 g/mol. The zero-order chi connectivity index (χ0) is 11.5. The molecule has 0 amide bonds. The van der Waals surface area contributed by atoms with E-state index in [9.17, 15) is 0 Å². The van der Waals surface area contributed by atoms with Crippen LogP contribution in [0.3, 0.4) is 0 Å². The van der Waals surface area contributed by atoms with Crippen LogP contribution in [-0.4, -0.2) is 13.2 Å². The van der Waals surface area contributed by atoms with E-state index in [1.807, 2.05) is 6.07 Å². The predicted molar refractivity (Wildman–Crippen MR) is 68.2 cm³/mol. The van der Waals surface area contributed by atoms with Crippen LogP contribution in [0, 0.1) is 0 Å². The third-order valence-electron chi connectivity index (χ3n) is 2.56. The summed E-state index contributed by atoms with van der Waals surface area (Å²) >= 11 is 0. The summed E-state index contributed by atoms with van der Waals surface area (Å²) in [5.41, 5.74) is 4.36. The highest BCUT2D eigenvalue weighted by Gasteiger charge is 1.92. The second kappa shape index (κ2) is 9.37. The van der Waals surface area contributed by atoms with Crippen LogP contribution in [0.1, 0.15) is 38.2 Å². The summed E-state index contributed by atoms with van der Waals surface area (Å²) in [4.78, 5) is 5.35. The lowest BCUT2D eigenvalue weighted by Gasteiger charge is -2.05. The van der Waals surface area contributed by atoms with Gasteiger partial charge in [-0.3, -0.25) is 0 Å². The zero-order valence-electron chi connectivity index (χ0n) is 10.2. The highest BCUT2D eigenvalue weighted by atomic mass is 16.6. The van der Waals surface area contributed by atoms with Gasteiger partial charge in [0, 0.05) is 6.54 Å². The van der Waals surface area contributed by atoms with E-state index in [2.05, 4.69) is 36.7 Å². The van der Waals surface area contributed by atoms with Gasteiger partial charge in [0.2, 0.25) is 0 Å². The molecule has 1 aromatic rings. The number of rotatable bonds is 9.